The molecule has 0 fully saturated rings. The zero-order valence-corrected chi connectivity index (χ0v) is 10.3. The van der Waals surface area contributed by atoms with Gasteiger partial charge in [-0.3, -0.25) is 4.98 Å². The Hall–Kier alpha value is -1.61. The van der Waals surface area contributed by atoms with Crippen LogP contribution in [0.4, 0.5) is 0 Å². The number of nitrogens with zero attached hydrogens (tertiary/aromatic N) is 1. The SMILES string of the molecule is CCc1ccc(CC(NC)c2ccoc2)nc1. The second-order valence-electron chi connectivity index (χ2n) is 4.11. The number of likely N-dealkylation sites (N-methyl/N-ethyl adjacent to an activating group) is 1. The highest BCUT2D eigenvalue weighted by Gasteiger charge is 2.11. The van der Waals surface area contributed by atoms with Crippen molar-refractivity contribution in [3.8, 4) is 0 Å². The van der Waals surface area contributed by atoms with Gasteiger partial charge in [0.25, 0.3) is 0 Å². The van der Waals surface area contributed by atoms with Gasteiger partial charge in [0.1, 0.15) is 0 Å². The van der Waals surface area contributed by atoms with Gasteiger partial charge in [-0.25, -0.2) is 0 Å². The predicted molar refractivity (Wildman–Crippen MR) is 67.8 cm³/mol. The number of nitrogens with one attached hydrogen (secondary N) is 1. The van der Waals surface area contributed by atoms with Crippen LogP contribution in [0.25, 0.3) is 0 Å². The first-order valence-electron chi connectivity index (χ1n) is 5.96. The maximum absolute atomic E-state index is 5.11. The Balaban J connectivity index is 2.07. The molecule has 0 radical (unpaired) electrons. The summed E-state index contributed by atoms with van der Waals surface area (Å²) in [6, 6.07) is 6.49. The third-order valence-electron chi connectivity index (χ3n) is 3.00. The zero-order valence-electron chi connectivity index (χ0n) is 10.3. The van der Waals surface area contributed by atoms with E-state index in [0.29, 0.717) is 0 Å². The van der Waals surface area contributed by atoms with Gasteiger partial charge in [0.15, 0.2) is 0 Å². The van der Waals surface area contributed by atoms with E-state index in [9.17, 15) is 0 Å². The van der Waals surface area contributed by atoms with Gasteiger partial charge in [-0.1, -0.05) is 13.0 Å². The van der Waals surface area contributed by atoms with Crippen LogP contribution >= 0.6 is 0 Å². The lowest BCUT2D eigenvalue weighted by Gasteiger charge is -2.13. The van der Waals surface area contributed by atoms with E-state index in [4.69, 9.17) is 4.42 Å². The van der Waals surface area contributed by atoms with E-state index in [1.165, 1.54) is 5.56 Å². The first-order chi connectivity index (χ1) is 8.33. The van der Waals surface area contributed by atoms with Crippen LogP contribution < -0.4 is 5.32 Å². The van der Waals surface area contributed by atoms with Gasteiger partial charge in [-0.15, -0.1) is 0 Å². The Morgan fingerprint density at radius 1 is 1.35 bits per heavy atom. The van der Waals surface area contributed by atoms with Crippen molar-refractivity contribution in [2.24, 2.45) is 0 Å². The molecule has 17 heavy (non-hydrogen) atoms. The molecule has 0 bridgehead atoms. The van der Waals surface area contributed by atoms with Crippen molar-refractivity contribution in [2.45, 2.75) is 25.8 Å². The second-order valence-corrected chi connectivity index (χ2v) is 4.11. The van der Waals surface area contributed by atoms with E-state index < -0.39 is 0 Å². The molecule has 2 heterocycles. The third kappa shape index (κ3) is 2.94. The van der Waals surface area contributed by atoms with Crippen molar-refractivity contribution in [3.05, 3.63) is 53.7 Å². The molecule has 0 aliphatic carbocycles. The number of furan rings is 1. The molecule has 2 aromatic rings. The molecule has 2 aromatic heterocycles. The van der Waals surface area contributed by atoms with Crippen molar-refractivity contribution in [3.63, 3.8) is 0 Å². The summed E-state index contributed by atoms with van der Waals surface area (Å²) >= 11 is 0. The van der Waals surface area contributed by atoms with Gasteiger partial charge in [-0.05, 0) is 31.2 Å². The molecule has 1 atom stereocenters. The largest absolute Gasteiger partial charge is 0.472 e. The fraction of sp³-hybridized carbons (Fsp3) is 0.357. The molecule has 2 rings (SSSR count). The van der Waals surface area contributed by atoms with E-state index in [2.05, 4.69) is 29.4 Å². The normalized spacial score (nSPS) is 12.6. The summed E-state index contributed by atoms with van der Waals surface area (Å²) in [7, 11) is 1.96. The number of rotatable bonds is 5. The fourth-order valence-corrected chi connectivity index (χ4v) is 1.85. The molecule has 0 aliphatic heterocycles. The Kier molecular flexibility index (Phi) is 3.94. The molecular weight excluding hydrogens is 212 g/mol. The van der Waals surface area contributed by atoms with Crippen LogP contribution in [-0.4, -0.2) is 12.0 Å². The fourth-order valence-electron chi connectivity index (χ4n) is 1.85. The number of hydrogen-bond donors (Lipinski definition) is 1. The quantitative estimate of drug-likeness (QED) is 0.858. The van der Waals surface area contributed by atoms with E-state index in [-0.39, 0.29) is 6.04 Å². The first-order valence-corrected chi connectivity index (χ1v) is 5.96. The van der Waals surface area contributed by atoms with Crippen LogP contribution in [0.3, 0.4) is 0 Å². The summed E-state index contributed by atoms with van der Waals surface area (Å²) < 4.78 is 5.11. The second kappa shape index (κ2) is 5.64. The average molecular weight is 230 g/mol. The van der Waals surface area contributed by atoms with Gasteiger partial charge in [0, 0.05) is 29.9 Å². The lowest BCUT2D eigenvalue weighted by molar-refractivity contribution is 0.540. The monoisotopic (exact) mass is 230 g/mol. The number of pyridine rings is 1. The minimum Gasteiger partial charge on any atom is -0.472 e. The van der Waals surface area contributed by atoms with Gasteiger partial charge < -0.3 is 9.73 Å². The zero-order chi connectivity index (χ0) is 12.1. The summed E-state index contributed by atoms with van der Waals surface area (Å²) in [5.41, 5.74) is 3.54. The lowest BCUT2D eigenvalue weighted by Crippen LogP contribution is -2.18. The molecule has 3 nitrogen and oxygen atoms in total. The molecule has 0 saturated carbocycles. The van der Waals surface area contributed by atoms with Crippen LogP contribution in [0.5, 0.6) is 0 Å². The van der Waals surface area contributed by atoms with Crippen molar-refractivity contribution >= 4 is 0 Å². The molecule has 0 aromatic carbocycles. The summed E-state index contributed by atoms with van der Waals surface area (Å²) in [6.45, 7) is 2.14. The third-order valence-corrected chi connectivity index (χ3v) is 3.00. The maximum atomic E-state index is 5.11. The standard InChI is InChI=1S/C14H18N2O/c1-3-11-4-5-13(16-9-11)8-14(15-2)12-6-7-17-10-12/h4-7,9-10,14-15H,3,8H2,1-2H3. The molecule has 0 saturated heterocycles. The minimum atomic E-state index is 0.258. The van der Waals surface area contributed by atoms with E-state index >= 15 is 0 Å². The number of hydrogen-bond acceptors (Lipinski definition) is 3. The first kappa shape index (κ1) is 11.9. The maximum Gasteiger partial charge on any atom is 0.0950 e. The molecule has 1 unspecified atom stereocenters. The van der Waals surface area contributed by atoms with E-state index in [1.807, 2.05) is 19.3 Å². The topological polar surface area (TPSA) is 38.1 Å². The highest BCUT2D eigenvalue weighted by molar-refractivity contribution is 5.18. The lowest BCUT2D eigenvalue weighted by atomic mass is 10.0. The predicted octanol–water partition coefficient (Wildman–Crippen LogP) is 2.74. The van der Waals surface area contributed by atoms with Gasteiger partial charge in [0.05, 0.1) is 12.5 Å². The number of aryl methyl sites for hydroxylation is 1. The Bertz CT molecular complexity index is 434. The molecule has 0 aliphatic rings. The molecule has 1 N–H and O–H groups in total. The van der Waals surface area contributed by atoms with Crippen LogP contribution in [-0.2, 0) is 12.8 Å². The van der Waals surface area contributed by atoms with Crippen molar-refractivity contribution in [2.75, 3.05) is 7.05 Å². The number of aromatic nitrogens is 1. The summed E-state index contributed by atoms with van der Waals surface area (Å²) in [5, 5.41) is 3.28. The van der Waals surface area contributed by atoms with Gasteiger partial charge in [0.2, 0.25) is 0 Å². The summed E-state index contributed by atoms with van der Waals surface area (Å²) in [5.74, 6) is 0. The van der Waals surface area contributed by atoms with E-state index in [0.717, 1.165) is 24.1 Å². The Morgan fingerprint density at radius 3 is 2.76 bits per heavy atom. The van der Waals surface area contributed by atoms with Gasteiger partial charge in [-0.2, -0.15) is 0 Å². The summed E-state index contributed by atoms with van der Waals surface area (Å²) in [6.07, 6.45) is 7.34. The van der Waals surface area contributed by atoms with Crippen molar-refractivity contribution in [1.82, 2.24) is 10.3 Å². The molecule has 90 valence electrons. The summed E-state index contributed by atoms with van der Waals surface area (Å²) in [4.78, 5) is 4.48. The molecule has 3 heteroatoms. The molecular formula is C14H18N2O. The minimum absolute atomic E-state index is 0.258. The van der Waals surface area contributed by atoms with Crippen molar-refractivity contribution < 1.29 is 4.42 Å². The van der Waals surface area contributed by atoms with Crippen LogP contribution in [0.2, 0.25) is 0 Å². The Labute approximate surface area is 102 Å². The molecule has 0 spiro atoms. The highest BCUT2D eigenvalue weighted by atomic mass is 16.3. The molecule has 0 amide bonds. The van der Waals surface area contributed by atoms with Crippen LogP contribution in [0, 0.1) is 0 Å². The van der Waals surface area contributed by atoms with Crippen LogP contribution in [0.15, 0.2) is 41.3 Å². The van der Waals surface area contributed by atoms with Crippen molar-refractivity contribution in [1.29, 1.82) is 0 Å². The smallest absolute Gasteiger partial charge is 0.0950 e. The van der Waals surface area contributed by atoms with Crippen LogP contribution in [0.1, 0.15) is 29.8 Å². The average Bonchev–Trinajstić information content (AvgIpc) is 2.90. The van der Waals surface area contributed by atoms with E-state index in [1.54, 1.807) is 12.5 Å². The van der Waals surface area contributed by atoms with Gasteiger partial charge >= 0.3 is 0 Å². The Morgan fingerprint density at radius 2 is 2.24 bits per heavy atom. The highest BCUT2D eigenvalue weighted by Crippen LogP contribution is 2.17.